The highest BCUT2D eigenvalue weighted by Crippen LogP contribution is 2.48. The minimum absolute atomic E-state index is 0.134. The zero-order valence-electron chi connectivity index (χ0n) is 63.8. The molecule has 5 nitrogen and oxygen atoms in total. The highest BCUT2D eigenvalue weighted by molar-refractivity contribution is 6.04. The Hall–Kier alpha value is -15.3. The largest absolute Gasteiger partial charge is 0.310 e. The van der Waals surface area contributed by atoms with E-state index in [2.05, 4.69) is 498 Å². The number of fused-ring (bicyclic) bond motifs is 5. The van der Waals surface area contributed by atoms with Crippen LogP contribution in [-0.4, -0.2) is 0 Å². The first-order chi connectivity index (χ1) is 57.5. The maximum atomic E-state index is 2.41. The molecular formula is C111H79N5. The second-order valence-electron chi connectivity index (χ2n) is 29.7. The summed E-state index contributed by atoms with van der Waals surface area (Å²) in [6.45, 7) is 0. The monoisotopic (exact) mass is 1480 g/mol. The van der Waals surface area contributed by atoms with Crippen LogP contribution in [0.2, 0.25) is 0 Å². The van der Waals surface area contributed by atoms with Crippen LogP contribution in [0.4, 0.5) is 85.3 Å². The van der Waals surface area contributed by atoms with Crippen molar-refractivity contribution in [1.82, 2.24) is 0 Å². The van der Waals surface area contributed by atoms with Gasteiger partial charge in [0.2, 0.25) is 0 Å². The smallest absolute Gasteiger partial charge is 0.0546 e. The lowest BCUT2D eigenvalue weighted by Gasteiger charge is -2.29. The Bertz CT molecular complexity index is 6690. The fourth-order valence-electron chi connectivity index (χ4n) is 16.9. The SMILES string of the molecule is c1ccc(N(c2ccc(C(c3ccc(N(c4ccccc4)c4ccc5ccccc5c4)cc3)c3ccc(N(c4ccc(-c5cc(N(c6ccccc6)c6ccc(-c7ccc(N(c8ccccc8)c8cccc9ccccc89)cc7)cc6)c6ccccc6c5)cc4)c4ccc5ccccc5c4)cc3)cc2)c2ccc3ccccc3c2)cc1. The van der Waals surface area contributed by atoms with Gasteiger partial charge in [0.15, 0.2) is 0 Å². The summed E-state index contributed by atoms with van der Waals surface area (Å²) in [5, 5.41) is 11.9. The number of nitrogens with zero attached hydrogens (tertiary/aromatic N) is 5. The van der Waals surface area contributed by atoms with E-state index in [-0.39, 0.29) is 5.92 Å². The third kappa shape index (κ3) is 13.9. The van der Waals surface area contributed by atoms with Crippen LogP contribution in [-0.2, 0) is 0 Å². The molecule has 548 valence electrons. The molecule has 0 saturated carbocycles. The van der Waals surface area contributed by atoms with Gasteiger partial charge in [-0.05, 0) is 258 Å². The topological polar surface area (TPSA) is 16.2 Å². The predicted molar refractivity (Wildman–Crippen MR) is 492 cm³/mol. The van der Waals surface area contributed by atoms with Crippen molar-refractivity contribution in [2.45, 2.75) is 5.92 Å². The molecule has 0 bridgehead atoms. The summed E-state index contributed by atoms with van der Waals surface area (Å²) >= 11 is 0. The number of benzene rings is 20. The van der Waals surface area contributed by atoms with Crippen molar-refractivity contribution >= 4 is 139 Å². The molecule has 0 spiro atoms. The Labute approximate surface area is 677 Å². The molecule has 0 N–H and O–H groups in total. The highest BCUT2D eigenvalue weighted by Gasteiger charge is 2.25. The number of para-hydroxylation sites is 4. The molecular weight excluding hydrogens is 1400 g/mol. The fourth-order valence-corrected chi connectivity index (χ4v) is 16.9. The average molecular weight is 1480 g/mol. The molecule has 0 atom stereocenters. The minimum atomic E-state index is -0.134. The predicted octanol–water partition coefficient (Wildman–Crippen LogP) is 31.3. The van der Waals surface area contributed by atoms with Crippen LogP contribution < -0.4 is 24.5 Å². The minimum Gasteiger partial charge on any atom is -0.310 e. The summed E-state index contributed by atoms with van der Waals surface area (Å²) in [5.74, 6) is -0.134. The summed E-state index contributed by atoms with van der Waals surface area (Å²) < 4.78 is 0. The van der Waals surface area contributed by atoms with Gasteiger partial charge in [0.05, 0.1) is 11.4 Å². The zero-order chi connectivity index (χ0) is 77.1. The summed E-state index contributed by atoms with van der Waals surface area (Å²) in [6.07, 6.45) is 0. The van der Waals surface area contributed by atoms with Gasteiger partial charge in [-0.3, -0.25) is 0 Å². The third-order valence-electron chi connectivity index (χ3n) is 22.6. The summed E-state index contributed by atoms with van der Waals surface area (Å²) in [5.41, 5.74) is 24.3. The normalized spacial score (nSPS) is 11.4. The molecule has 0 amide bonds. The number of hydrogen-bond acceptors (Lipinski definition) is 5. The molecule has 20 rings (SSSR count). The Kier molecular flexibility index (Phi) is 18.7. The number of hydrogen-bond donors (Lipinski definition) is 0. The van der Waals surface area contributed by atoms with Gasteiger partial charge in [-0.2, -0.15) is 0 Å². The van der Waals surface area contributed by atoms with Gasteiger partial charge in [-0.1, -0.05) is 297 Å². The van der Waals surface area contributed by atoms with E-state index in [1.54, 1.807) is 0 Å². The fraction of sp³-hybridized carbons (Fsp3) is 0.00901. The molecule has 0 aromatic heterocycles. The van der Waals surface area contributed by atoms with Gasteiger partial charge in [0.25, 0.3) is 0 Å². The molecule has 0 fully saturated rings. The second kappa shape index (κ2) is 31.1. The Morgan fingerprint density at radius 2 is 0.379 bits per heavy atom. The molecule has 0 radical (unpaired) electrons. The van der Waals surface area contributed by atoms with Crippen LogP contribution in [0, 0.1) is 0 Å². The quantitative estimate of drug-likeness (QED) is 0.0705. The Morgan fingerprint density at radius 1 is 0.129 bits per heavy atom. The van der Waals surface area contributed by atoms with Crippen LogP contribution in [0.3, 0.4) is 0 Å². The van der Waals surface area contributed by atoms with Crippen LogP contribution >= 0.6 is 0 Å². The van der Waals surface area contributed by atoms with E-state index in [4.69, 9.17) is 0 Å². The molecule has 0 unspecified atom stereocenters. The Balaban J connectivity index is 0.651. The van der Waals surface area contributed by atoms with E-state index in [0.29, 0.717) is 0 Å². The number of rotatable bonds is 20. The molecule has 0 aliphatic heterocycles. The van der Waals surface area contributed by atoms with E-state index < -0.39 is 0 Å². The lowest BCUT2D eigenvalue weighted by atomic mass is 9.84. The first-order valence-corrected chi connectivity index (χ1v) is 39.8. The van der Waals surface area contributed by atoms with E-state index in [0.717, 1.165) is 118 Å². The average Bonchev–Trinajstić information content (AvgIpc) is 0.773. The zero-order valence-corrected chi connectivity index (χ0v) is 63.8. The molecule has 0 heterocycles. The standard InChI is InChI=1S/C111H79N5/c1-5-33-94(34-6-1)112(104-71-50-79-24-13-16-28-89(79)75-104)99-65-53-86(54-66-99)111(87-55-67-100(68-56-87)113(95-35-7-2-8-36-95)105-72-51-80-25-14-17-29-90(80)76-105)88-57-69-101(70-58-88)114(106-73-52-81-26-15-18-30-91(81)77-106)98-59-48-84(49-60-98)93-74-92-31-20-22-42-108(92)110(78-93)116(97-39-11-4-12-40-97)103-63-46-83(47-64-103)82-44-61-102(62-45-82)115(96-37-9-3-10-38-96)109-43-23-32-85-27-19-21-41-107(85)109/h1-78,111H. The van der Waals surface area contributed by atoms with Crippen molar-refractivity contribution in [2.24, 2.45) is 0 Å². The lowest BCUT2D eigenvalue weighted by Crippen LogP contribution is -2.12. The maximum Gasteiger partial charge on any atom is 0.0546 e. The highest BCUT2D eigenvalue weighted by atomic mass is 15.2. The lowest BCUT2D eigenvalue weighted by molar-refractivity contribution is 0.976. The van der Waals surface area contributed by atoms with Gasteiger partial charge >= 0.3 is 0 Å². The maximum absolute atomic E-state index is 2.41. The third-order valence-corrected chi connectivity index (χ3v) is 22.6. The first kappa shape index (κ1) is 69.9. The molecule has 20 aromatic rings. The van der Waals surface area contributed by atoms with Crippen LogP contribution in [0.5, 0.6) is 0 Å². The summed E-state index contributed by atoms with van der Waals surface area (Å²) in [4.78, 5) is 11.9. The second-order valence-corrected chi connectivity index (χ2v) is 29.7. The summed E-state index contributed by atoms with van der Waals surface area (Å²) in [7, 11) is 0. The molecule has 0 aliphatic carbocycles. The summed E-state index contributed by atoms with van der Waals surface area (Å²) in [6, 6.07) is 173. The van der Waals surface area contributed by atoms with Gasteiger partial charge in [0, 0.05) is 90.6 Å². The first-order valence-electron chi connectivity index (χ1n) is 39.8. The van der Waals surface area contributed by atoms with E-state index >= 15 is 0 Å². The van der Waals surface area contributed by atoms with Crippen molar-refractivity contribution in [3.63, 3.8) is 0 Å². The van der Waals surface area contributed by atoms with Crippen molar-refractivity contribution in [2.75, 3.05) is 24.5 Å². The van der Waals surface area contributed by atoms with Crippen molar-refractivity contribution in [3.8, 4) is 22.3 Å². The van der Waals surface area contributed by atoms with Crippen molar-refractivity contribution in [1.29, 1.82) is 0 Å². The van der Waals surface area contributed by atoms with Crippen LogP contribution in [0.15, 0.2) is 473 Å². The molecule has 5 heteroatoms. The van der Waals surface area contributed by atoms with Gasteiger partial charge in [-0.25, -0.2) is 0 Å². The van der Waals surface area contributed by atoms with E-state index in [9.17, 15) is 0 Å². The van der Waals surface area contributed by atoms with E-state index in [1.165, 1.54) is 59.8 Å². The van der Waals surface area contributed by atoms with Gasteiger partial charge in [0.1, 0.15) is 0 Å². The number of anilines is 15. The van der Waals surface area contributed by atoms with Crippen molar-refractivity contribution in [3.05, 3.63) is 490 Å². The molecule has 20 aromatic carbocycles. The van der Waals surface area contributed by atoms with Crippen molar-refractivity contribution < 1.29 is 0 Å². The molecule has 0 saturated heterocycles. The van der Waals surface area contributed by atoms with E-state index in [1.807, 2.05) is 0 Å². The van der Waals surface area contributed by atoms with Gasteiger partial charge in [-0.15, -0.1) is 0 Å². The Morgan fingerprint density at radius 3 is 0.750 bits per heavy atom. The van der Waals surface area contributed by atoms with Gasteiger partial charge < -0.3 is 24.5 Å². The molecule has 0 aliphatic rings. The van der Waals surface area contributed by atoms with Crippen LogP contribution in [0.1, 0.15) is 22.6 Å². The van der Waals surface area contributed by atoms with Crippen LogP contribution in [0.25, 0.3) is 76.1 Å². The molecule has 116 heavy (non-hydrogen) atoms.